The Balaban J connectivity index is 2.15. The molecule has 1 N–H and O–H groups in total. The van der Waals surface area contributed by atoms with Gasteiger partial charge in [-0.2, -0.15) is 0 Å². The Morgan fingerprint density at radius 1 is 1.32 bits per heavy atom. The molecule has 1 aromatic carbocycles. The Bertz CT molecular complexity index is 717. The van der Waals surface area contributed by atoms with Gasteiger partial charge in [-0.25, -0.2) is 4.98 Å². The largest absolute Gasteiger partial charge is 0.493 e. The second kappa shape index (κ2) is 9.63. The van der Waals surface area contributed by atoms with Crippen LogP contribution in [-0.2, 0) is 11.2 Å². The first-order valence-corrected chi connectivity index (χ1v) is 9.47. The topological polar surface area (TPSA) is 68.7 Å². The summed E-state index contributed by atoms with van der Waals surface area (Å²) in [4.78, 5) is 15.1. The van der Waals surface area contributed by atoms with Gasteiger partial charge in [-0.3, -0.25) is 4.79 Å². The monoisotopic (exact) mass is 383 g/mol. The first kappa shape index (κ1) is 19.5. The highest BCUT2D eigenvalue weighted by molar-refractivity contribution is 7.13. The molecule has 0 bridgehead atoms. The van der Waals surface area contributed by atoms with Gasteiger partial charge in [0.25, 0.3) is 0 Å². The molecular weight excluding hydrogens is 362 g/mol. The van der Waals surface area contributed by atoms with Crippen LogP contribution in [0.4, 0.5) is 0 Å². The van der Waals surface area contributed by atoms with Crippen molar-refractivity contribution < 1.29 is 19.4 Å². The summed E-state index contributed by atoms with van der Waals surface area (Å²) in [5, 5.41) is 11.7. The van der Waals surface area contributed by atoms with Gasteiger partial charge < -0.3 is 14.6 Å². The standard InChI is InChI=1S/C18H22ClNO4S/c1-3-4-5-6-7-24-17-14(19)8-12(9-15(17)23-2)18-20-13(11-25-18)10-16(21)22/h8-9,11H,3-7,10H2,1-2H3,(H,21,22). The Kier molecular flexibility index (Phi) is 7.52. The molecule has 0 aliphatic carbocycles. The van der Waals surface area contributed by atoms with E-state index in [0.717, 1.165) is 18.4 Å². The van der Waals surface area contributed by atoms with Crippen LogP contribution in [0.5, 0.6) is 11.5 Å². The molecule has 1 heterocycles. The molecule has 0 amide bonds. The van der Waals surface area contributed by atoms with Gasteiger partial charge in [-0.15, -0.1) is 11.3 Å². The number of rotatable bonds is 10. The summed E-state index contributed by atoms with van der Waals surface area (Å²) >= 11 is 7.75. The molecule has 0 aliphatic rings. The maximum absolute atomic E-state index is 10.8. The van der Waals surface area contributed by atoms with Gasteiger partial charge in [0.2, 0.25) is 0 Å². The van der Waals surface area contributed by atoms with Gasteiger partial charge >= 0.3 is 5.97 Å². The highest BCUT2D eigenvalue weighted by atomic mass is 35.5. The fourth-order valence-electron chi connectivity index (χ4n) is 2.36. The van der Waals surface area contributed by atoms with E-state index in [-0.39, 0.29) is 6.42 Å². The first-order chi connectivity index (χ1) is 12.0. The third kappa shape index (κ3) is 5.61. The van der Waals surface area contributed by atoms with Crippen LogP contribution in [0.3, 0.4) is 0 Å². The van der Waals surface area contributed by atoms with Crippen molar-refractivity contribution in [3.8, 4) is 22.1 Å². The number of ether oxygens (including phenoxy) is 2. The van der Waals surface area contributed by atoms with E-state index in [1.807, 2.05) is 6.07 Å². The zero-order valence-corrected chi connectivity index (χ0v) is 16.0. The van der Waals surface area contributed by atoms with Crippen LogP contribution in [0.1, 0.15) is 38.3 Å². The summed E-state index contributed by atoms with van der Waals surface area (Å²) in [7, 11) is 1.57. The molecule has 1 aromatic heterocycles. The van der Waals surface area contributed by atoms with E-state index in [1.54, 1.807) is 18.6 Å². The van der Waals surface area contributed by atoms with E-state index in [4.69, 9.17) is 26.2 Å². The lowest BCUT2D eigenvalue weighted by atomic mass is 10.2. The van der Waals surface area contributed by atoms with Crippen LogP contribution < -0.4 is 9.47 Å². The number of unbranched alkanes of at least 4 members (excludes halogenated alkanes) is 3. The van der Waals surface area contributed by atoms with Crippen LogP contribution in [0.15, 0.2) is 17.5 Å². The fourth-order valence-corrected chi connectivity index (χ4v) is 3.43. The van der Waals surface area contributed by atoms with Crippen molar-refractivity contribution >= 4 is 28.9 Å². The number of benzene rings is 1. The number of methoxy groups -OCH3 is 1. The average molecular weight is 384 g/mol. The molecule has 0 saturated carbocycles. The highest BCUT2D eigenvalue weighted by Crippen LogP contribution is 2.40. The number of carbonyl (C=O) groups is 1. The minimum absolute atomic E-state index is 0.0969. The van der Waals surface area contributed by atoms with Crippen molar-refractivity contribution in [1.82, 2.24) is 4.98 Å². The third-order valence-corrected chi connectivity index (χ3v) is 4.83. The summed E-state index contributed by atoms with van der Waals surface area (Å²) in [6.45, 7) is 2.76. The lowest BCUT2D eigenvalue weighted by Gasteiger charge is -2.13. The van der Waals surface area contributed by atoms with Crippen molar-refractivity contribution in [2.45, 2.75) is 39.0 Å². The molecule has 0 aliphatic heterocycles. The van der Waals surface area contributed by atoms with E-state index in [9.17, 15) is 4.79 Å². The molecule has 0 atom stereocenters. The Hall–Kier alpha value is -1.79. The van der Waals surface area contributed by atoms with E-state index in [0.29, 0.717) is 33.8 Å². The lowest BCUT2D eigenvalue weighted by molar-refractivity contribution is -0.136. The van der Waals surface area contributed by atoms with Gasteiger partial charge in [0.05, 0.1) is 30.9 Å². The first-order valence-electron chi connectivity index (χ1n) is 8.22. The summed E-state index contributed by atoms with van der Waals surface area (Å²) < 4.78 is 11.2. The van der Waals surface area contributed by atoms with Crippen molar-refractivity contribution in [3.63, 3.8) is 0 Å². The molecule has 0 unspecified atom stereocenters. The molecule has 5 nitrogen and oxygen atoms in total. The van der Waals surface area contributed by atoms with E-state index < -0.39 is 5.97 Å². The molecule has 2 aromatic rings. The SMILES string of the molecule is CCCCCCOc1c(Cl)cc(-c2nc(CC(=O)O)cs2)cc1OC. The van der Waals surface area contributed by atoms with Gasteiger partial charge in [-0.05, 0) is 18.6 Å². The lowest BCUT2D eigenvalue weighted by Crippen LogP contribution is -2.01. The molecule has 0 fully saturated rings. The Labute approximate surface area is 156 Å². The Morgan fingerprint density at radius 2 is 2.12 bits per heavy atom. The number of halogens is 1. The number of hydrogen-bond acceptors (Lipinski definition) is 5. The van der Waals surface area contributed by atoms with Gasteiger partial charge in [0.1, 0.15) is 5.01 Å². The van der Waals surface area contributed by atoms with Crippen molar-refractivity contribution in [3.05, 3.63) is 28.2 Å². The summed E-state index contributed by atoms with van der Waals surface area (Å²) in [5.74, 6) is 0.180. The van der Waals surface area contributed by atoms with Crippen LogP contribution >= 0.6 is 22.9 Å². The van der Waals surface area contributed by atoms with Crippen LogP contribution in [0, 0.1) is 0 Å². The zero-order valence-electron chi connectivity index (χ0n) is 14.4. The summed E-state index contributed by atoms with van der Waals surface area (Å²) in [6.07, 6.45) is 4.37. The summed E-state index contributed by atoms with van der Waals surface area (Å²) in [5.41, 5.74) is 1.31. The molecule has 136 valence electrons. The molecule has 0 spiro atoms. The molecular formula is C18H22ClNO4S. The van der Waals surface area contributed by atoms with E-state index in [1.165, 1.54) is 24.2 Å². The van der Waals surface area contributed by atoms with Crippen molar-refractivity contribution in [1.29, 1.82) is 0 Å². The second-order valence-electron chi connectivity index (χ2n) is 5.61. The maximum Gasteiger partial charge on any atom is 0.309 e. The number of nitrogens with zero attached hydrogens (tertiary/aromatic N) is 1. The van der Waals surface area contributed by atoms with E-state index in [2.05, 4.69) is 11.9 Å². The third-order valence-electron chi connectivity index (χ3n) is 3.60. The van der Waals surface area contributed by atoms with Crippen LogP contribution in [-0.4, -0.2) is 29.8 Å². The fraction of sp³-hybridized carbons (Fsp3) is 0.444. The predicted octanol–water partition coefficient (Wildman–Crippen LogP) is 5.06. The number of hydrogen-bond donors (Lipinski definition) is 1. The molecule has 2 rings (SSSR count). The predicted molar refractivity (Wildman–Crippen MR) is 100 cm³/mol. The molecule has 25 heavy (non-hydrogen) atoms. The van der Waals surface area contributed by atoms with Crippen molar-refractivity contribution in [2.75, 3.05) is 13.7 Å². The van der Waals surface area contributed by atoms with Gasteiger partial charge in [-0.1, -0.05) is 37.8 Å². The smallest absolute Gasteiger partial charge is 0.309 e. The molecule has 0 radical (unpaired) electrons. The normalized spacial score (nSPS) is 10.7. The van der Waals surface area contributed by atoms with Gasteiger partial charge in [0, 0.05) is 10.9 Å². The highest BCUT2D eigenvalue weighted by Gasteiger charge is 2.15. The van der Waals surface area contributed by atoms with Crippen LogP contribution in [0.25, 0.3) is 10.6 Å². The average Bonchev–Trinajstić information content (AvgIpc) is 3.03. The maximum atomic E-state index is 10.8. The second-order valence-corrected chi connectivity index (χ2v) is 6.88. The Morgan fingerprint density at radius 3 is 2.80 bits per heavy atom. The number of aliphatic carboxylic acids is 1. The zero-order chi connectivity index (χ0) is 18.2. The van der Waals surface area contributed by atoms with Gasteiger partial charge in [0.15, 0.2) is 11.5 Å². The molecule has 0 saturated heterocycles. The number of thiazole rings is 1. The van der Waals surface area contributed by atoms with Crippen molar-refractivity contribution in [2.24, 2.45) is 0 Å². The number of carboxylic acid groups (broad SMARTS) is 1. The summed E-state index contributed by atoms with van der Waals surface area (Å²) in [6, 6.07) is 3.59. The molecule has 7 heteroatoms. The van der Waals surface area contributed by atoms with Crippen LogP contribution in [0.2, 0.25) is 5.02 Å². The quantitative estimate of drug-likeness (QED) is 0.581. The number of carboxylic acids is 1. The minimum atomic E-state index is -0.903. The number of aromatic nitrogens is 1. The van der Waals surface area contributed by atoms with E-state index >= 15 is 0 Å². The minimum Gasteiger partial charge on any atom is -0.493 e.